The van der Waals surface area contributed by atoms with E-state index in [0.717, 1.165) is 16.9 Å². The number of ketones is 1. The van der Waals surface area contributed by atoms with E-state index >= 15 is 0 Å². The number of fused-ring (bicyclic) bond motifs is 1. The summed E-state index contributed by atoms with van der Waals surface area (Å²) in [5.41, 5.74) is 13.9. The number of Topliss-reactive ketones (excluding diaryl/α,β-unsaturated/α-hetero) is 1. The lowest BCUT2D eigenvalue weighted by atomic mass is 9.80. The zero-order valence-corrected chi connectivity index (χ0v) is 21.5. The average molecular weight is 548 g/mol. The molecule has 0 bridgehead atoms. The number of allylic oxidation sites excluding steroid dienone is 1. The molecule has 1 aromatic heterocycles. The third kappa shape index (κ3) is 4.53. The van der Waals surface area contributed by atoms with Crippen LogP contribution in [-0.2, 0) is 4.79 Å². The smallest absolute Gasteiger partial charge is 0.274 e. The fourth-order valence-corrected chi connectivity index (χ4v) is 5.79. The van der Waals surface area contributed by atoms with Gasteiger partial charge < -0.3 is 11.5 Å². The highest BCUT2D eigenvalue weighted by Crippen LogP contribution is 2.38. The molecule has 37 heavy (non-hydrogen) atoms. The van der Waals surface area contributed by atoms with E-state index in [1.807, 2.05) is 0 Å². The number of hydrogen-bond donors (Lipinski definition) is 2. The minimum Gasteiger partial charge on any atom is -0.384 e. The van der Waals surface area contributed by atoms with E-state index in [1.54, 1.807) is 84.9 Å². The molecule has 4 aromatic rings. The molecule has 0 aliphatic carbocycles. The van der Waals surface area contributed by atoms with Gasteiger partial charge in [-0.15, -0.1) is 11.3 Å². The molecule has 4 N–H and O–H groups in total. The number of rotatable bonds is 5. The van der Waals surface area contributed by atoms with Crippen molar-refractivity contribution < 1.29 is 9.59 Å². The molecular formula is C28H19Cl2N3O3S. The summed E-state index contributed by atoms with van der Waals surface area (Å²) < 4.78 is 1.80. The number of hydrogen-bond acceptors (Lipinski definition) is 5. The van der Waals surface area contributed by atoms with Gasteiger partial charge >= 0.3 is 0 Å². The first-order valence-corrected chi connectivity index (χ1v) is 12.7. The van der Waals surface area contributed by atoms with Gasteiger partial charge in [0.05, 0.1) is 15.7 Å². The van der Waals surface area contributed by atoms with E-state index in [4.69, 9.17) is 34.7 Å². The first-order valence-electron chi connectivity index (χ1n) is 11.1. The van der Waals surface area contributed by atoms with Crippen molar-refractivity contribution in [3.63, 3.8) is 0 Å². The summed E-state index contributed by atoms with van der Waals surface area (Å²) in [4.78, 5) is 40.3. The first-order chi connectivity index (χ1) is 17.8. The molecule has 1 aliphatic rings. The van der Waals surface area contributed by atoms with Gasteiger partial charge in [-0.1, -0.05) is 77.8 Å². The summed E-state index contributed by atoms with van der Waals surface area (Å²) in [7, 11) is 0. The number of thiazole rings is 1. The van der Waals surface area contributed by atoms with E-state index in [1.165, 1.54) is 4.57 Å². The van der Waals surface area contributed by atoms with E-state index in [0.29, 0.717) is 25.7 Å². The summed E-state index contributed by atoms with van der Waals surface area (Å²) in [5, 5.41) is 1.05. The third-order valence-electron chi connectivity index (χ3n) is 6.07. The van der Waals surface area contributed by atoms with Crippen LogP contribution in [-0.4, -0.2) is 16.3 Å². The number of halogens is 2. The van der Waals surface area contributed by atoms with Crippen LogP contribution in [0.1, 0.15) is 27.4 Å². The summed E-state index contributed by atoms with van der Waals surface area (Å²) in [5.74, 6) is -2.13. The number of benzene rings is 3. The molecule has 1 atom stereocenters. The van der Waals surface area contributed by atoms with Gasteiger partial charge in [-0.25, -0.2) is 0 Å². The van der Waals surface area contributed by atoms with E-state index in [-0.39, 0.29) is 21.6 Å². The molecule has 1 aliphatic heterocycles. The largest absolute Gasteiger partial charge is 0.384 e. The fraction of sp³-hybridized carbons (Fsp3) is 0.0357. The Morgan fingerprint density at radius 1 is 0.865 bits per heavy atom. The van der Waals surface area contributed by atoms with Crippen LogP contribution in [0, 0.1) is 0 Å². The van der Waals surface area contributed by atoms with E-state index < -0.39 is 23.2 Å². The van der Waals surface area contributed by atoms with Crippen LogP contribution < -0.4 is 26.2 Å². The van der Waals surface area contributed by atoms with Crippen molar-refractivity contribution in [3.05, 3.63) is 131 Å². The number of amides is 1. The summed E-state index contributed by atoms with van der Waals surface area (Å²) in [6, 6.07) is 22.2. The van der Waals surface area contributed by atoms with Crippen molar-refractivity contribution in [2.75, 3.05) is 0 Å². The van der Waals surface area contributed by atoms with Gasteiger partial charge in [0.15, 0.2) is 5.78 Å². The Kier molecular flexibility index (Phi) is 6.60. The van der Waals surface area contributed by atoms with Gasteiger partial charge in [0.1, 0.15) is 10.5 Å². The van der Waals surface area contributed by atoms with Crippen LogP contribution in [0.2, 0.25) is 10.0 Å². The zero-order valence-electron chi connectivity index (χ0n) is 19.2. The summed E-state index contributed by atoms with van der Waals surface area (Å²) in [6.45, 7) is 0. The summed E-state index contributed by atoms with van der Waals surface area (Å²) >= 11 is 13.2. The molecule has 6 nitrogen and oxygen atoms in total. The van der Waals surface area contributed by atoms with Gasteiger partial charge in [-0.2, -0.15) is 0 Å². The van der Waals surface area contributed by atoms with Gasteiger partial charge in [-0.3, -0.25) is 19.0 Å². The molecule has 5 rings (SSSR count). The molecular weight excluding hydrogens is 529 g/mol. The van der Waals surface area contributed by atoms with Crippen molar-refractivity contribution in [1.29, 1.82) is 0 Å². The average Bonchev–Trinajstić information content (AvgIpc) is 3.21. The van der Waals surface area contributed by atoms with Crippen LogP contribution in [0.15, 0.2) is 89.2 Å². The molecule has 3 aromatic carbocycles. The van der Waals surface area contributed by atoms with Gasteiger partial charge in [0.2, 0.25) is 5.91 Å². The second-order valence-electron chi connectivity index (χ2n) is 8.36. The minimum atomic E-state index is -0.899. The predicted octanol–water partition coefficient (Wildman–Crippen LogP) is 3.49. The lowest BCUT2D eigenvalue weighted by molar-refractivity contribution is -0.113. The van der Waals surface area contributed by atoms with Gasteiger partial charge in [0.25, 0.3) is 5.56 Å². The molecule has 0 radical (unpaired) electrons. The van der Waals surface area contributed by atoms with Crippen molar-refractivity contribution in [2.24, 2.45) is 11.5 Å². The minimum absolute atomic E-state index is 0.0502. The third-order valence-corrected chi connectivity index (χ3v) is 7.68. The van der Waals surface area contributed by atoms with Crippen LogP contribution in [0.3, 0.4) is 0 Å². The maximum atomic E-state index is 13.8. The van der Waals surface area contributed by atoms with Crippen molar-refractivity contribution in [2.45, 2.75) is 5.92 Å². The highest BCUT2D eigenvalue weighted by atomic mass is 35.5. The number of nitrogens with zero attached hydrogens (tertiary/aromatic N) is 1. The number of nitrogens with two attached hydrogens (primary N) is 2. The molecule has 0 saturated carbocycles. The van der Waals surface area contributed by atoms with Crippen LogP contribution in [0.4, 0.5) is 0 Å². The molecule has 0 spiro atoms. The normalized spacial score (nSPS) is 15.6. The summed E-state index contributed by atoms with van der Waals surface area (Å²) in [6.07, 6.45) is 1.68. The number of primary amides is 1. The Morgan fingerprint density at radius 3 is 2.05 bits per heavy atom. The van der Waals surface area contributed by atoms with Crippen LogP contribution >= 0.6 is 34.5 Å². The fourth-order valence-electron chi connectivity index (χ4n) is 4.36. The molecule has 0 unspecified atom stereocenters. The Labute approximate surface area is 225 Å². The number of aromatic nitrogens is 1. The Morgan fingerprint density at radius 2 is 1.46 bits per heavy atom. The van der Waals surface area contributed by atoms with Gasteiger partial charge in [-0.05, 0) is 41.5 Å². The lowest BCUT2D eigenvalue weighted by Gasteiger charge is -2.27. The predicted molar refractivity (Wildman–Crippen MR) is 148 cm³/mol. The lowest BCUT2D eigenvalue weighted by Crippen LogP contribution is -2.42. The second-order valence-corrected chi connectivity index (χ2v) is 10.3. The maximum absolute atomic E-state index is 13.8. The van der Waals surface area contributed by atoms with Crippen molar-refractivity contribution in [1.82, 2.24) is 4.57 Å². The highest BCUT2D eigenvalue weighted by Gasteiger charge is 2.37. The SMILES string of the molecule is NC(=O)C1=c2s/c(=C/c3ccc(Cl)cc3)c(=O)n2C(N)=C(C(=O)c2ccccc2)[C@@H]1c1ccc(Cl)cc1. The Bertz CT molecular complexity index is 1750. The number of carbonyl (C=O) groups is 2. The standard InChI is InChI=1S/C28H19Cl2N3O3S/c29-18-10-6-15(7-11-18)14-20-27(36)33-25(31)22(24(34)17-4-2-1-3-5-17)21(16-8-12-19(30)13-9-16)23(26(32)35)28(33)37-20/h1-14,21H,31H2,(H2,32,35)/b20-14+/t21-/m0/s1. The van der Waals surface area contributed by atoms with Crippen LogP contribution in [0.5, 0.6) is 0 Å². The Hall–Kier alpha value is -3.91. The van der Waals surface area contributed by atoms with Crippen molar-refractivity contribution in [3.8, 4) is 0 Å². The molecule has 184 valence electrons. The molecule has 9 heteroatoms. The molecule has 0 fully saturated rings. The topological polar surface area (TPSA) is 108 Å². The van der Waals surface area contributed by atoms with Crippen molar-refractivity contribution >= 4 is 63.7 Å². The molecule has 2 heterocycles. The highest BCUT2D eigenvalue weighted by molar-refractivity contribution is 7.07. The zero-order chi connectivity index (χ0) is 26.3. The van der Waals surface area contributed by atoms with E-state index in [9.17, 15) is 14.4 Å². The first kappa shape index (κ1) is 24.8. The van der Waals surface area contributed by atoms with Gasteiger partial charge in [0, 0.05) is 21.5 Å². The quantitative estimate of drug-likeness (QED) is 0.373. The molecule has 0 saturated heterocycles. The number of carbonyl (C=O) groups excluding carboxylic acids is 2. The van der Waals surface area contributed by atoms with Crippen LogP contribution in [0.25, 0.3) is 17.5 Å². The molecule has 1 amide bonds. The second kappa shape index (κ2) is 9.86. The van der Waals surface area contributed by atoms with E-state index in [2.05, 4.69) is 0 Å². The monoisotopic (exact) mass is 547 g/mol. The Balaban J connectivity index is 1.86. The maximum Gasteiger partial charge on any atom is 0.274 e.